The average molecular weight is 1120 g/mol. The maximum atomic E-state index is 5.17. The van der Waals surface area contributed by atoms with Gasteiger partial charge >= 0.3 is 0 Å². The Morgan fingerprint density at radius 1 is 0.444 bits per heavy atom. The second-order valence-electron chi connectivity index (χ2n) is 22.0. The molecule has 0 atom stereocenters. The van der Waals surface area contributed by atoms with Gasteiger partial charge in [-0.15, -0.1) is 17.7 Å². The molecule has 8 aromatic carbocycles. The standard InChI is InChI=1S/C67H61N4.Pt/c1-64(2,3)53-39-54(65(4,5)6)42-56(41-53)70-45-69(60-30-19-20-31-61(60)70)55-29-21-28-50(40-55)66(7,8)51-33-34-57-58-38-47(46-22-13-10-14-23-46)32-35-59(58)71(62(57)43-51)63-44-52(36-37-68-63)67(9,48-24-15-11-16-25-48)49-26-17-12-18-27-49;/h10-39,41-42,44-45H,1-9H3;/q-3;. The molecule has 0 N–H and O–H groups in total. The molecule has 5 heteroatoms. The molecule has 0 radical (unpaired) electrons. The zero-order valence-corrected chi connectivity index (χ0v) is 45.0. The Kier molecular flexibility index (Phi) is 12.5. The van der Waals surface area contributed by atoms with Gasteiger partial charge in [0.05, 0.1) is 0 Å². The van der Waals surface area contributed by atoms with Crippen LogP contribution in [0.25, 0.3) is 38.8 Å². The molecular formula is C67H61N4Pt-3. The van der Waals surface area contributed by atoms with Crippen molar-refractivity contribution in [1.82, 2.24) is 9.55 Å². The van der Waals surface area contributed by atoms with Crippen LogP contribution in [0.5, 0.6) is 0 Å². The van der Waals surface area contributed by atoms with Crippen LogP contribution in [-0.2, 0) is 42.7 Å². The van der Waals surface area contributed by atoms with E-state index < -0.39 is 10.8 Å². The summed E-state index contributed by atoms with van der Waals surface area (Å²) in [7, 11) is 0. The zero-order valence-electron chi connectivity index (χ0n) is 42.7. The molecule has 11 rings (SSSR count). The molecule has 0 saturated heterocycles. The van der Waals surface area contributed by atoms with E-state index in [1.54, 1.807) is 0 Å². The number of fused-ring (bicyclic) bond motifs is 4. The van der Waals surface area contributed by atoms with E-state index in [1.165, 1.54) is 33.4 Å². The minimum Gasteiger partial charge on any atom is -0.493 e. The first-order chi connectivity index (χ1) is 34.1. The molecule has 72 heavy (non-hydrogen) atoms. The fourth-order valence-corrected chi connectivity index (χ4v) is 10.5. The van der Waals surface area contributed by atoms with Gasteiger partial charge < -0.3 is 14.4 Å². The molecule has 0 saturated carbocycles. The third-order valence-electron chi connectivity index (χ3n) is 15.0. The van der Waals surface area contributed by atoms with E-state index in [0.29, 0.717) is 0 Å². The van der Waals surface area contributed by atoms with E-state index in [1.807, 2.05) is 6.20 Å². The molecule has 0 amide bonds. The van der Waals surface area contributed by atoms with Crippen molar-refractivity contribution in [3.63, 3.8) is 0 Å². The first-order valence-electron chi connectivity index (χ1n) is 24.9. The minimum atomic E-state index is -0.475. The Morgan fingerprint density at radius 3 is 1.65 bits per heavy atom. The quantitative estimate of drug-likeness (QED) is 0.135. The van der Waals surface area contributed by atoms with Crippen LogP contribution in [0.3, 0.4) is 0 Å². The van der Waals surface area contributed by atoms with Gasteiger partial charge in [0.15, 0.2) is 0 Å². The summed E-state index contributed by atoms with van der Waals surface area (Å²) >= 11 is 0. The SMILES string of the molecule is CC(C)(C)c1cc(N2[CH-]N(c3[c-]c(C(C)(C)c4[c-]c5c(cc4)c4cc(-c6ccccc6)ccc4n5-c4cc(C(C)(c5ccccc5)c5ccccc5)ccn4)ccc3)c3ccccc32)cc(C(C)(C)C)c1.[Pt]. The van der Waals surface area contributed by atoms with Crippen LogP contribution in [0.2, 0.25) is 0 Å². The number of aromatic nitrogens is 2. The van der Waals surface area contributed by atoms with Gasteiger partial charge in [-0.3, -0.25) is 0 Å². The molecule has 0 aliphatic carbocycles. The van der Waals surface area contributed by atoms with E-state index in [9.17, 15) is 0 Å². The number of para-hydroxylation sites is 2. The van der Waals surface area contributed by atoms with E-state index in [2.05, 4.69) is 290 Å². The van der Waals surface area contributed by atoms with Crippen molar-refractivity contribution < 1.29 is 21.1 Å². The molecule has 0 spiro atoms. The van der Waals surface area contributed by atoms with Gasteiger partial charge in [-0.2, -0.15) is 53.6 Å². The van der Waals surface area contributed by atoms with Gasteiger partial charge in [0.25, 0.3) is 0 Å². The van der Waals surface area contributed by atoms with Crippen LogP contribution in [0, 0.1) is 18.8 Å². The van der Waals surface area contributed by atoms with E-state index in [-0.39, 0.29) is 31.9 Å². The maximum Gasteiger partial charge on any atom is 0.135 e. The second kappa shape index (κ2) is 18.6. The number of hydrogen-bond donors (Lipinski definition) is 0. The van der Waals surface area contributed by atoms with Crippen LogP contribution >= 0.6 is 0 Å². The van der Waals surface area contributed by atoms with Gasteiger partial charge in [0, 0.05) is 55.3 Å². The monoisotopic (exact) mass is 1120 g/mol. The summed E-state index contributed by atoms with van der Waals surface area (Å²) in [4.78, 5) is 9.81. The number of rotatable bonds is 9. The first-order valence-corrected chi connectivity index (χ1v) is 24.9. The van der Waals surface area contributed by atoms with Gasteiger partial charge in [0.1, 0.15) is 5.82 Å². The van der Waals surface area contributed by atoms with E-state index in [0.717, 1.165) is 67.1 Å². The smallest absolute Gasteiger partial charge is 0.135 e. The minimum absolute atomic E-state index is 0. The normalized spacial score (nSPS) is 13.1. The van der Waals surface area contributed by atoms with E-state index >= 15 is 0 Å². The number of nitrogens with zero attached hydrogens (tertiary/aromatic N) is 4. The molecule has 1 aliphatic rings. The third-order valence-corrected chi connectivity index (χ3v) is 15.0. The predicted molar refractivity (Wildman–Crippen MR) is 298 cm³/mol. The van der Waals surface area contributed by atoms with Crippen LogP contribution in [0.1, 0.15) is 101 Å². The Hall–Kier alpha value is -7.00. The molecule has 4 nitrogen and oxygen atoms in total. The summed E-state index contributed by atoms with van der Waals surface area (Å²) in [5, 5.41) is 2.29. The number of benzene rings is 8. The van der Waals surface area contributed by atoms with Gasteiger partial charge in [-0.05, 0) is 110 Å². The molecular weight excluding hydrogens is 1060 g/mol. The van der Waals surface area contributed by atoms with Crippen molar-refractivity contribution in [1.29, 1.82) is 0 Å². The van der Waals surface area contributed by atoms with Crippen molar-refractivity contribution in [3.8, 4) is 16.9 Å². The molecule has 1 aliphatic heterocycles. The van der Waals surface area contributed by atoms with E-state index in [4.69, 9.17) is 4.98 Å². The molecule has 362 valence electrons. The maximum absolute atomic E-state index is 5.17. The van der Waals surface area contributed by atoms with Gasteiger partial charge in [-0.1, -0.05) is 182 Å². The summed E-state index contributed by atoms with van der Waals surface area (Å²) in [6.07, 6.45) is 1.97. The zero-order chi connectivity index (χ0) is 49.3. The van der Waals surface area contributed by atoms with Crippen LogP contribution < -0.4 is 9.80 Å². The largest absolute Gasteiger partial charge is 0.493 e. The van der Waals surface area contributed by atoms with Crippen LogP contribution in [0.15, 0.2) is 200 Å². The molecule has 0 fully saturated rings. The van der Waals surface area contributed by atoms with Gasteiger partial charge in [-0.25, -0.2) is 4.98 Å². The Bertz CT molecular complexity index is 3510. The van der Waals surface area contributed by atoms with Crippen LogP contribution in [0.4, 0.5) is 22.7 Å². The summed E-state index contributed by atoms with van der Waals surface area (Å²) in [5.74, 6) is 0.850. The van der Waals surface area contributed by atoms with Crippen molar-refractivity contribution >= 4 is 44.6 Å². The van der Waals surface area contributed by atoms with Crippen LogP contribution in [-0.4, -0.2) is 9.55 Å². The summed E-state index contributed by atoms with van der Waals surface area (Å²) in [5.41, 5.74) is 16.3. The summed E-state index contributed by atoms with van der Waals surface area (Å²) in [6.45, 7) is 23.0. The second-order valence-corrected chi connectivity index (χ2v) is 22.0. The molecule has 0 bridgehead atoms. The summed E-state index contributed by atoms with van der Waals surface area (Å²) in [6, 6.07) is 78.5. The fourth-order valence-electron chi connectivity index (χ4n) is 10.5. The Morgan fingerprint density at radius 2 is 1.03 bits per heavy atom. The predicted octanol–water partition coefficient (Wildman–Crippen LogP) is 17.1. The Balaban J connectivity index is 0.00000596. The molecule has 10 aromatic rings. The molecule has 0 unspecified atom stereocenters. The van der Waals surface area contributed by atoms with Crippen molar-refractivity contribution in [2.75, 3.05) is 9.80 Å². The molecule has 3 heterocycles. The van der Waals surface area contributed by atoms with Crippen molar-refractivity contribution in [2.24, 2.45) is 0 Å². The topological polar surface area (TPSA) is 24.3 Å². The van der Waals surface area contributed by atoms with Crippen molar-refractivity contribution in [3.05, 3.63) is 258 Å². The average Bonchev–Trinajstić information content (AvgIpc) is 3.94. The Labute approximate surface area is 441 Å². The van der Waals surface area contributed by atoms with Crippen molar-refractivity contribution in [2.45, 2.75) is 84.0 Å². The number of hydrogen-bond acceptors (Lipinski definition) is 3. The first kappa shape index (κ1) is 48.6. The summed E-state index contributed by atoms with van der Waals surface area (Å²) < 4.78 is 2.32. The third kappa shape index (κ3) is 8.58. The fraction of sp³-hybridized carbons (Fsp3) is 0.194. The number of anilines is 4. The van der Waals surface area contributed by atoms with Gasteiger partial charge in [0.2, 0.25) is 0 Å². The number of pyridine rings is 1. The molecule has 2 aromatic heterocycles.